The number of amides is 1. The van der Waals surface area contributed by atoms with Crippen LogP contribution in [0.4, 0.5) is 0 Å². The van der Waals surface area contributed by atoms with Crippen molar-refractivity contribution in [3.63, 3.8) is 0 Å². The first kappa shape index (κ1) is 22.7. The molecule has 2 aromatic carbocycles. The number of imidazole rings is 1. The van der Waals surface area contributed by atoms with Crippen molar-refractivity contribution < 1.29 is 9.53 Å². The van der Waals surface area contributed by atoms with Crippen LogP contribution in [0.3, 0.4) is 0 Å². The molecule has 0 radical (unpaired) electrons. The lowest BCUT2D eigenvalue weighted by atomic mass is 9.95. The van der Waals surface area contributed by atoms with E-state index in [-0.39, 0.29) is 5.91 Å². The van der Waals surface area contributed by atoms with Crippen LogP contribution in [0.25, 0.3) is 10.2 Å². The van der Waals surface area contributed by atoms with Gasteiger partial charge in [-0.2, -0.15) is 0 Å². The van der Waals surface area contributed by atoms with Crippen molar-refractivity contribution in [1.29, 1.82) is 0 Å². The van der Waals surface area contributed by atoms with E-state index < -0.39 is 0 Å². The molecule has 0 saturated carbocycles. The Hall–Kier alpha value is -3.10. The lowest BCUT2D eigenvalue weighted by molar-refractivity contribution is 0.0710. The van der Waals surface area contributed by atoms with E-state index in [9.17, 15) is 4.79 Å². The molecule has 176 valence electrons. The Morgan fingerprint density at radius 2 is 1.94 bits per heavy atom. The largest absolute Gasteiger partial charge is 0.377 e. The standard InChI is InChI=1S/C26H29N5O2S/c32-26(22-8-9-24-23(18-22)28-29-34-24)31-14-10-21(11-15-31)25-27-12-16-30(25)13-4-5-17-33-19-20-6-2-1-3-7-20/h1-3,6-9,12,16,18,21H,4-5,10-11,13-15,17,19H2. The smallest absolute Gasteiger partial charge is 0.253 e. The normalized spacial score (nSPS) is 14.6. The summed E-state index contributed by atoms with van der Waals surface area (Å²) in [6.07, 6.45) is 7.93. The van der Waals surface area contributed by atoms with Gasteiger partial charge < -0.3 is 14.2 Å². The van der Waals surface area contributed by atoms with Crippen molar-refractivity contribution >= 4 is 27.7 Å². The summed E-state index contributed by atoms with van der Waals surface area (Å²) in [7, 11) is 0. The molecular weight excluding hydrogens is 446 g/mol. The van der Waals surface area contributed by atoms with Gasteiger partial charge in [0.15, 0.2) is 0 Å². The Morgan fingerprint density at radius 3 is 2.79 bits per heavy atom. The highest BCUT2D eigenvalue weighted by Crippen LogP contribution is 2.28. The highest BCUT2D eigenvalue weighted by atomic mass is 32.1. The van der Waals surface area contributed by atoms with Crippen LogP contribution < -0.4 is 0 Å². The number of hydrogen-bond acceptors (Lipinski definition) is 6. The molecule has 0 atom stereocenters. The minimum absolute atomic E-state index is 0.0761. The molecule has 4 aromatic rings. The van der Waals surface area contributed by atoms with E-state index in [0.717, 1.165) is 68.0 Å². The number of likely N-dealkylation sites (tertiary alicyclic amines) is 1. The van der Waals surface area contributed by atoms with Gasteiger partial charge in [-0.15, -0.1) is 5.10 Å². The second kappa shape index (κ2) is 10.9. The minimum Gasteiger partial charge on any atom is -0.377 e. The molecule has 7 nitrogen and oxygen atoms in total. The van der Waals surface area contributed by atoms with Crippen LogP contribution in [0.5, 0.6) is 0 Å². The third-order valence-corrected chi connectivity index (χ3v) is 7.14. The van der Waals surface area contributed by atoms with Crippen LogP contribution in [0, 0.1) is 0 Å². The fraction of sp³-hybridized carbons (Fsp3) is 0.385. The molecule has 1 amide bonds. The van der Waals surface area contributed by atoms with Crippen molar-refractivity contribution in [1.82, 2.24) is 24.0 Å². The molecule has 2 aromatic heterocycles. The number of piperidine rings is 1. The Labute approximate surface area is 203 Å². The Balaban J connectivity index is 1.07. The van der Waals surface area contributed by atoms with Gasteiger partial charge in [-0.25, -0.2) is 4.98 Å². The van der Waals surface area contributed by atoms with E-state index in [2.05, 4.69) is 37.5 Å². The van der Waals surface area contributed by atoms with Gasteiger partial charge in [0.1, 0.15) is 11.3 Å². The maximum Gasteiger partial charge on any atom is 0.253 e. The van der Waals surface area contributed by atoms with E-state index in [1.54, 1.807) is 0 Å². The minimum atomic E-state index is 0.0761. The molecule has 8 heteroatoms. The SMILES string of the molecule is O=C(c1ccc2snnc2c1)N1CCC(c2nccn2CCCCOCc2ccccc2)CC1. The zero-order valence-corrected chi connectivity index (χ0v) is 20.0. The third-order valence-electron chi connectivity index (χ3n) is 6.44. The number of ether oxygens (including phenoxy) is 1. The molecule has 5 rings (SSSR count). The van der Waals surface area contributed by atoms with Crippen LogP contribution >= 0.6 is 11.5 Å². The molecule has 1 aliphatic rings. The van der Waals surface area contributed by atoms with E-state index in [1.165, 1.54) is 17.1 Å². The summed E-state index contributed by atoms with van der Waals surface area (Å²) in [5.74, 6) is 1.61. The topological polar surface area (TPSA) is 73.1 Å². The van der Waals surface area contributed by atoms with E-state index >= 15 is 0 Å². The maximum absolute atomic E-state index is 13.0. The molecule has 1 aliphatic heterocycles. The summed E-state index contributed by atoms with van der Waals surface area (Å²) in [6.45, 7) is 3.88. The summed E-state index contributed by atoms with van der Waals surface area (Å²) in [5, 5.41) is 4.10. The average molecular weight is 476 g/mol. The van der Waals surface area contributed by atoms with Gasteiger partial charge in [0.05, 0.1) is 11.3 Å². The summed E-state index contributed by atoms with van der Waals surface area (Å²) in [6, 6.07) is 16.0. The van der Waals surface area contributed by atoms with Gasteiger partial charge in [-0.3, -0.25) is 4.79 Å². The predicted molar refractivity (Wildman–Crippen MR) is 133 cm³/mol. The number of hydrogen-bond donors (Lipinski definition) is 0. The van der Waals surface area contributed by atoms with Gasteiger partial charge in [0.25, 0.3) is 5.91 Å². The van der Waals surface area contributed by atoms with Crippen LogP contribution in [0.15, 0.2) is 60.9 Å². The molecule has 0 bridgehead atoms. The van der Waals surface area contributed by atoms with Crippen molar-refractivity contribution in [2.75, 3.05) is 19.7 Å². The van der Waals surface area contributed by atoms with Crippen LogP contribution in [0.2, 0.25) is 0 Å². The summed E-state index contributed by atoms with van der Waals surface area (Å²) in [5.41, 5.74) is 2.69. The molecule has 3 heterocycles. The van der Waals surface area contributed by atoms with Gasteiger partial charge in [0.2, 0.25) is 0 Å². The molecule has 0 unspecified atom stereocenters. The zero-order chi connectivity index (χ0) is 23.2. The number of nitrogens with zero attached hydrogens (tertiary/aromatic N) is 5. The zero-order valence-electron chi connectivity index (χ0n) is 19.2. The highest BCUT2D eigenvalue weighted by molar-refractivity contribution is 7.12. The maximum atomic E-state index is 13.0. The number of carbonyl (C=O) groups is 1. The number of aromatic nitrogens is 4. The monoisotopic (exact) mass is 475 g/mol. The Bertz CT molecular complexity index is 1210. The fourth-order valence-electron chi connectivity index (χ4n) is 4.56. The van der Waals surface area contributed by atoms with Gasteiger partial charge >= 0.3 is 0 Å². The molecule has 0 spiro atoms. The van der Waals surface area contributed by atoms with Crippen molar-refractivity contribution in [3.05, 3.63) is 77.9 Å². The number of fused-ring (bicyclic) bond motifs is 1. The molecule has 0 aliphatic carbocycles. The molecule has 1 saturated heterocycles. The molecular formula is C26H29N5O2S. The first-order valence-corrected chi connectivity index (χ1v) is 12.7. The van der Waals surface area contributed by atoms with Gasteiger partial charge in [-0.1, -0.05) is 34.8 Å². The van der Waals surface area contributed by atoms with Crippen molar-refractivity contribution in [2.24, 2.45) is 0 Å². The Morgan fingerprint density at radius 1 is 1.09 bits per heavy atom. The molecule has 0 N–H and O–H groups in total. The lowest BCUT2D eigenvalue weighted by Crippen LogP contribution is -2.38. The second-order valence-electron chi connectivity index (χ2n) is 8.75. The lowest BCUT2D eigenvalue weighted by Gasteiger charge is -2.32. The van der Waals surface area contributed by atoms with E-state index in [4.69, 9.17) is 4.74 Å². The fourth-order valence-corrected chi connectivity index (χ4v) is 5.10. The number of rotatable bonds is 9. The van der Waals surface area contributed by atoms with Crippen LogP contribution in [-0.4, -0.2) is 49.6 Å². The summed E-state index contributed by atoms with van der Waals surface area (Å²) < 4.78 is 13.1. The molecule has 1 fully saturated rings. The van der Waals surface area contributed by atoms with E-state index in [0.29, 0.717) is 18.1 Å². The number of aryl methyl sites for hydroxylation is 1. The van der Waals surface area contributed by atoms with Crippen molar-refractivity contribution in [2.45, 2.75) is 44.8 Å². The molecule has 34 heavy (non-hydrogen) atoms. The summed E-state index contributed by atoms with van der Waals surface area (Å²) in [4.78, 5) is 19.6. The number of benzene rings is 2. The first-order chi connectivity index (χ1) is 16.8. The quantitative estimate of drug-likeness (QED) is 0.322. The predicted octanol–water partition coefficient (Wildman–Crippen LogP) is 4.90. The van der Waals surface area contributed by atoms with Gasteiger partial charge in [-0.05, 0) is 61.0 Å². The number of carbonyl (C=O) groups excluding carboxylic acids is 1. The third kappa shape index (κ3) is 5.34. The van der Waals surface area contributed by atoms with Crippen LogP contribution in [0.1, 0.15) is 53.3 Å². The second-order valence-corrected chi connectivity index (χ2v) is 9.53. The highest BCUT2D eigenvalue weighted by Gasteiger charge is 2.27. The van der Waals surface area contributed by atoms with Gasteiger partial charge in [0, 0.05) is 50.1 Å². The Kier molecular flexibility index (Phi) is 7.26. The first-order valence-electron chi connectivity index (χ1n) is 11.9. The van der Waals surface area contributed by atoms with Crippen LogP contribution in [-0.2, 0) is 17.9 Å². The number of unbranched alkanes of at least 4 members (excludes halogenated alkanes) is 1. The van der Waals surface area contributed by atoms with Crippen molar-refractivity contribution in [3.8, 4) is 0 Å². The van der Waals surface area contributed by atoms with E-state index in [1.807, 2.05) is 47.5 Å². The average Bonchev–Trinajstić information content (AvgIpc) is 3.55. The summed E-state index contributed by atoms with van der Waals surface area (Å²) >= 11 is 1.35.